The Balaban J connectivity index is 1.97. The van der Waals surface area contributed by atoms with E-state index in [4.69, 9.17) is 23.2 Å². The average Bonchev–Trinajstić information content (AvgIpc) is 2.49. The van der Waals surface area contributed by atoms with Crippen molar-refractivity contribution in [3.05, 3.63) is 64.1 Å². The number of para-hydroxylation sites is 1. The second kappa shape index (κ2) is 7.14. The van der Waals surface area contributed by atoms with Crippen LogP contribution in [0.5, 0.6) is 0 Å². The molecule has 0 fully saturated rings. The highest BCUT2D eigenvalue weighted by Gasteiger charge is 2.21. The quantitative estimate of drug-likeness (QED) is 0.846. The lowest BCUT2D eigenvalue weighted by molar-refractivity contribution is -0.115. The maximum absolute atomic E-state index is 12.0. The van der Waals surface area contributed by atoms with E-state index in [0.717, 1.165) is 11.3 Å². The molecule has 0 atom stereocenters. The molecule has 0 heterocycles. The van der Waals surface area contributed by atoms with Gasteiger partial charge in [0.15, 0.2) is 0 Å². The molecule has 2 rings (SSSR count). The smallest absolute Gasteiger partial charge is 0.238 e. The van der Waals surface area contributed by atoms with Gasteiger partial charge in [0.05, 0.1) is 16.6 Å². The average molecular weight is 337 g/mol. The molecule has 0 saturated carbocycles. The van der Waals surface area contributed by atoms with Crippen molar-refractivity contribution in [1.82, 2.24) is 5.32 Å². The predicted octanol–water partition coefficient (Wildman–Crippen LogP) is 4.46. The van der Waals surface area contributed by atoms with Crippen LogP contribution < -0.4 is 10.6 Å². The lowest BCUT2D eigenvalue weighted by Crippen LogP contribution is -2.41. The van der Waals surface area contributed by atoms with Crippen LogP contribution >= 0.6 is 23.2 Å². The molecule has 0 radical (unpaired) electrons. The largest absolute Gasteiger partial charge is 0.325 e. The van der Waals surface area contributed by atoms with Crippen LogP contribution in [-0.4, -0.2) is 12.5 Å². The van der Waals surface area contributed by atoms with Crippen molar-refractivity contribution in [2.75, 3.05) is 11.9 Å². The summed E-state index contributed by atoms with van der Waals surface area (Å²) in [5.41, 5.74) is 1.35. The van der Waals surface area contributed by atoms with Crippen molar-refractivity contribution < 1.29 is 4.79 Å². The molecule has 0 aliphatic rings. The molecule has 0 unspecified atom stereocenters. The third kappa shape index (κ3) is 4.47. The topological polar surface area (TPSA) is 41.1 Å². The van der Waals surface area contributed by atoms with Gasteiger partial charge in [-0.3, -0.25) is 10.1 Å². The van der Waals surface area contributed by atoms with Gasteiger partial charge in [0.1, 0.15) is 0 Å². The summed E-state index contributed by atoms with van der Waals surface area (Å²) in [5.74, 6) is -0.0978. The van der Waals surface area contributed by atoms with Gasteiger partial charge < -0.3 is 5.32 Å². The van der Waals surface area contributed by atoms with Crippen LogP contribution in [0.15, 0.2) is 48.5 Å². The van der Waals surface area contributed by atoms with Gasteiger partial charge in [0, 0.05) is 11.2 Å². The Morgan fingerprint density at radius 2 is 1.73 bits per heavy atom. The molecule has 0 aliphatic carbocycles. The van der Waals surface area contributed by atoms with Crippen LogP contribution in [0.3, 0.4) is 0 Å². The van der Waals surface area contributed by atoms with Gasteiger partial charge in [-0.2, -0.15) is 0 Å². The van der Waals surface area contributed by atoms with Gasteiger partial charge in [-0.25, -0.2) is 0 Å². The van der Waals surface area contributed by atoms with Crippen LogP contribution in [0.2, 0.25) is 10.0 Å². The van der Waals surface area contributed by atoms with Crippen molar-refractivity contribution in [2.24, 2.45) is 0 Å². The van der Waals surface area contributed by atoms with E-state index < -0.39 is 5.54 Å². The van der Waals surface area contributed by atoms with Crippen LogP contribution in [0.1, 0.15) is 19.4 Å². The standard InChI is InChI=1S/C17H18Cl2N2O/c1-17(2,12-8-9-14(18)15(19)10-12)20-11-16(22)21-13-6-4-3-5-7-13/h3-10,20H,11H2,1-2H3,(H,21,22). The fourth-order valence-corrected chi connectivity index (χ4v) is 2.31. The lowest BCUT2D eigenvalue weighted by Gasteiger charge is -2.27. The second-order valence-corrected chi connectivity index (χ2v) is 6.34. The molecule has 1 amide bonds. The van der Waals surface area contributed by atoms with Crippen molar-refractivity contribution in [2.45, 2.75) is 19.4 Å². The molecule has 0 bridgehead atoms. The van der Waals surface area contributed by atoms with Crippen LogP contribution in [0, 0.1) is 0 Å². The number of benzene rings is 2. The van der Waals surface area contributed by atoms with Crippen LogP contribution in [-0.2, 0) is 10.3 Å². The van der Waals surface area contributed by atoms with E-state index in [9.17, 15) is 4.79 Å². The summed E-state index contributed by atoms with van der Waals surface area (Å²) >= 11 is 12.0. The molecule has 22 heavy (non-hydrogen) atoms. The van der Waals surface area contributed by atoms with Gasteiger partial charge in [0.2, 0.25) is 5.91 Å². The van der Waals surface area contributed by atoms with Crippen molar-refractivity contribution in [3.63, 3.8) is 0 Å². The predicted molar refractivity (Wildman–Crippen MR) is 92.6 cm³/mol. The lowest BCUT2D eigenvalue weighted by atomic mass is 9.94. The van der Waals surface area contributed by atoms with E-state index in [0.29, 0.717) is 10.0 Å². The molecule has 0 aliphatic heterocycles. The minimum Gasteiger partial charge on any atom is -0.325 e. The Bertz CT molecular complexity index is 657. The van der Waals surface area contributed by atoms with E-state index in [-0.39, 0.29) is 12.5 Å². The number of carbonyl (C=O) groups is 1. The molecule has 0 spiro atoms. The first kappa shape index (κ1) is 16.8. The molecule has 0 saturated heterocycles. The Kier molecular flexibility index (Phi) is 5.46. The zero-order valence-corrected chi connectivity index (χ0v) is 14.0. The Morgan fingerprint density at radius 1 is 1.05 bits per heavy atom. The van der Waals surface area contributed by atoms with E-state index in [1.165, 1.54) is 0 Å². The van der Waals surface area contributed by atoms with E-state index >= 15 is 0 Å². The maximum atomic E-state index is 12.0. The van der Waals surface area contributed by atoms with Crippen molar-refractivity contribution in [3.8, 4) is 0 Å². The molecular formula is C17H18Cl2N2O. The molecule has 2 aromatic carbocycles. The van der Waals surface area contributed by atoms with Crippen LogP contribution in [0.4, 0.5) is 5.69 Å². The number of anilines is 1. The maximum Gasteiger partial charge on any atom is 0.238 e. The monoisotopic (exact) mass is 336 g/mol. The molecule has 2 N–H and O–H groups in total. The Hall–Kier alpha value is -1.55. The highest BCUT2D eigenvalue weighted by Crippen LogP contribution is 2.28. The highest BCUT2D eigenvalue weighted by molar-refractivity contribution is 6.42. The van der Waals surface area contributed by atoms with Crippen molar-refractivity contribution in [1.29, 1.82) is 0 Å². The molecule has 0 aromatic heterocycles. The number of nitrogens with one attached hydrogen (secondary N) is 2. The number of hydrogen-bond acceptors (Lipinski definition) is 2. The minimum absolute atomic E-state index is 0.0978. The number of hydrogen-bond donors (Lipinski definition) is 2. The van der Waals surface area contributed by atoms with Crippen LogP contribution in [0.25, 0.3) is 0 Å². The summed E-state index contributed by atoms with van der Waals surface area (Å²) in [4.78, 5) is 12.0. The minimum atomic E-state index is -0.401. The molecule has 2 aromatic rings. The van der Waals surface area contributed by atoms with Gasteiger partial charge in [-0.15, -0.1) is 0 Å². The first-order valence-corrected chi connectivity index (χ1v) is 7.69. The summed E-state index contributed by atoms with van der Waals surface area (Å²) in [7, 11) is 0. The molecule has 3 nitrogen and oxygen atoms in total. The summed E-state index contributed by atoms with van der Waals surface area (Å²) in [6, 6.07) is 14.8. The third-order valence-electron chi connectivity index (χ3n) is 3.39. The molecule has 116 valence electrons. The van der Waals surface area contributed by atoms with E-state index in [1.807, 2.05) is 56.3 Å². The Labute approximate surface area is 140 Å². The highest BCUT2D eigenvalue weighted by atomic mass is 35.5. The zero-order chi connectivity index (χ0) is 16.2. The zero-order valence-electron chi connectivity index (χ0n) is 12.5. The second-order valence-electron chi connectivity index (χ2n) is 5.52. The fourth-order valence-electron chi connectivity index (χ4n) is 2.01. The summed E-state index contributed by atoms with van der Waals surface area (Å²) in [6.45, 7) is 4.17. The normalized spacial score (nSPS) is 11.3. The summed E-state index contributed by atoms with van der Waals surface area (Å²) in [6.07, 6.45) is 0. The number of amides is 1. The summed E-state index contributed by atoms with van der Waals surface area (Å²) in [5, 5.41) is 7.09. The van der Waals surface area contributed by atoms with Gasteiger partial charge >= 0.3 is 0 Å². The third-order valence-corrected chi connectivity index (χ3v) is 4.13. The first-order valence-electron chi connectivity index (χ1n) is 6.94. The summed E-state index contributed by atoms with van der Waals surface area (Å²) < 4.78 is 0. The Morgan fingerprint density at radius 3 is 2.36 bits per heavy atom. The van der Waals surface area contributed by atoms with E-state index in [2.05, 4.69) is 10.6 Å². The van der Waals surface area contributed by atoms with Gasteiger partial charge in [0.25, 0.3) is 0 Å². The van der Waals surface area contributed by atoms with Crippen molar-refractivity contribution >= 4 is 34.8 Å². The molecular weight excluding hydrogens is 319 g/mol. The first-order chi connectivity index (χ1) is 10.4. The molecule has 5 heteroatoms. The van der Waals surface area contributed by atoms with Gasteiger partial charge in [-0.1, -0.05) is 47.5 Å². The number of carbonyl (C=O) groups excluding carboxylic acids is 1. The van der Waals surface area contributed by atoms with E-state index in [1.54, 1.807) is 6.07 Å². The van der Waals surface area contributed by atoms with Gasteiger partial charge in [-0.05, 0) is 43.7 Å². The number of halogens is 2. The fraction of sp³-hybridized carbons (Fsp3) is 0.235. The number of rotatable bonds is 5. The SMILES string of the molecule is CC(C)(NCC(=O)Nc1ccccc1)c1ccc(Cl)c(Cl)c1.